The molecule has 0 spiro atoms. The first-order chi connectivity index (χ1) is 19.3. The van der Waals surface area contributed by atoms with Gasteiger partial charge in [-0.2, -0.15) is 8.78 Å². The molecule has 0 radical (unpaired) electrons. The van der Waals surface area contributed by atoms with Gasteiger partial charge in [0.25, 0.3) is 0 Å². The van der Waals surface area contributed by atoms with Gasteiger partial charge in [-0.25, -0.2) is 4.79 Å². The van der Waals surface area contributed by atoms with Crippen molar-refractivity contribution in [1.82, 2.24) is 9.88 Å². The minimum Gasteiger partial charge on any atom is -0.493 e. The van der Waals surface area contributed by atoms with Crippen molar-refractivity contribution in [3.8, 4) is 11.5 Å². The fraction of sp³-hybridized carbons (Fsp3) is 0.481. The number of carboxylic acids is 3. The molecule has 1 aromatic carbocycles. The molecule has 1 saturated heterocycles. The van der Waals surface area contributed by atoms with Crippen LogP contribution in [-0.4, -0.2) is 85.7 Å². The van der Waals surface area contributed by atoms with Gasteiger partial charge in [0.05, 0.1) is 25.6 Å². The number of alkyl halides is 2. The van der Waals surface area contributed by atoms with Crippen LogP contribution < -0.4 is 9.47 Å². The Hall–Kier alpha value is -3.88. The molecule has 0 amide bonds. The Morgan fingerprint density at radius 2 is 1.78 bits per heavy atom. The molecule has 0 unspecified atom stereocenters. The number of hydrogen-bond donors (Lipinski definition) is 5. The number of pyridine rings is 1. The van der Waals surface area contributed by atoms with E-state index in [9.17, 15) is 28.3 Å². The highest BCUT2D eigenvalue weighted by molar-refractivity contribution is 5.88. The minimum atomic E-state index is -2.89. The number of nitrogens with zero attached hydrogens (tertiary/aromatic N) is 2. The van der Waals surface area contributed by atoms with Crippen LogP contribution in [0.15, 0.2) is 42.6 Å². The lowest BCUT2D eigenvalue weighted by atomic mass is 9.85. The monoisotopic (exact) mass is 582 g/mol. The van der Waals surface area contributed by atoms with Crippen molar-refractivity contribution in [2.45, 2.75) is 50.0 Å². The Labute approximate surface area is 233 Å². The molecule has 41 heavy (non-hydrogen) atoms. The highest BCUT2D eigenvalue weighted by Gasteiger charge is 2.53. The van der Waals surface area contributed by atoms with Crippen LogP contribution >= 0.6 is 0 Å². The molecule has 0 bridgehead atoms. The Morgan fingerprint density at radius 3 is 2.32 bits per heavy atom. The molecule has 5 N–H and O–H groups in total. The average molecular weight is 583 g/mol. The third-order valence-corrected chi connectivity index (χ3v) is 7.27. The van der Waals surface area contributed by atoms with E-state index in [1.807, 2.05) is 18.2 Å². The zero-order valence-electron chi connectivity index (χ0n) is 22.2. The van der Waals surface area contributed by atoms with Crippen molar-refractivity contribution in [3.63, 3.8) is 0 Å². The predicted octanol–water partition coefficient (Wildman–Crippen LogP) is 2.17. The number of halogens is 2. The predicted molar refractivity (Wildman–Crippen MR) is 136 cm³/mol. The molecule has 1 aromatic heterocycles. The molecule has 2 aliphatic rings. The molecule has 2 fully saturated rings. The lowest BCUT2D eigenvalue weighted by Crippen LogP contribution is -2.42. The van der Waals surface area contributed by atoms with Crippen LogP contribution in [0.5, 0.6) is 11.5 Å². The Balaban J connectivity index is 0.000000302. The van der Waals surface area contributed by atoms with Gasteiger partial charge in [-0.3, -0.25) is 19.5 Å². The number of carboxylic acid groups (broad SMARTS) is 3. The molecule has 14 heteroatoms. The number of carbonyl (C=O) groups is 3. The standard InChI is InChI=1S/C21H24F2N2O3.C6H8O7/c1-27-18-10-14(5-6-17(18)28-20(22)23)11-25-12-15-7-8-21(26,16(15)13-25)19-4-2-3-9-24-19;7-3(8)1-6(13,5(11)12)2-4(9)10/h2-6,9-10,15-16,20,26H,7-8,11-13H2,1H3;13H,1-2H2,(H,7,8)(H,9,10)(H,11,12)/t15-,16+,21-;/m0./s1. The van der Waals surface area contributed by atoms with Gasteiger partial charge < -0.3 is 35.0 Å². The average Bonchev–Trinajstić information content (AvgIpc) is 3.44. The summed E-state index contributed by atoms with van der Waals surface area (Å²) < 4.78 is 34.7. The molecule has 1 aliphatic carbocycles. The van der Waals surface area contributed by atoms with Gasteiger partial charge in [0.1, 0.15) is 5.60 Å². The second-order valence-corrected chi connectivity index (χ2v) is 10.1. The minimum absolute atomic E-state index is 0.0315. The number of likely N-dealkylation sites (tertiary alicyclic amines) is 1. The maximum absolute atomic E-state index is 12.5. The number of aliphatic hydroxyl groups is 2. The molecule has 1 saturated carbocycles. The number of fused-ring (bicyclic) bond motifs is 1. The summed E-state index contributed by atoms with van der Waals surface area (Å²) in [4.78, 5) is 37.2. The molecular formula is C27H32F2N2O10. The zero-order valence-corrected chi connectivity index (χ0v) is 22.2. The van der Waals surface area contributed by atoms with E-state index < -0.39 is 48.6 Å². The fourth-order valence-corrected chi connectivity index (χ4v) is 5.43. The normalized spacial score (nSPS) is 22.0. The first kappa shape index (κ1) is 31.6. The smallest absolute Gasteiger partial charge is 0.387 e. The van der Waals surface area contributed by atoms with Gasteiger partial charge in [-0.05, 0) is 48.6 Å². The molecule has 2 heterocycles. The van der Waals surface area contributed by atoms with E-state index in [0.29, 0.717) is 18.2 Å². The lowest BCUT2D eigenvalue weighted by molar-refractivity contribution is -0.170. The molecule has 224 valence electrons. The molecule has 12 nitrogen and oxygen atoms in total. The van der Waals surface area contributed by atoms with Crippen molar-refractivity contribution < 1.29 is 58.2 Å². The number of ether oxygens (including phenoxy) is 2. The maximum Gasteiger partial charge on any atom is 0.387 e. The van der Waals surface area contributed by atoms with Crippen molar-refractivity contribution in [2.75, 3.05) is 20.2 Å². The summed E-state index contributed by atoms with van der Waals surface area (Å²) in [7, 11) is 1.44. The highest BCUT2D eigenvalue weighted by atomic mass is 19.3. The number of hydrogen-bond acceptors (Lipinski definition) is 9. The third-order valence-electron chi connectivity index (χ3n) is 7.27. The Kier molecular flexibility index (Phi) is 10.2. The van der Waals surface area contributed by atoms with Gasteiger partial charge in [-0.1, -0.05) is 12.1 Å². The second kappa shape index (κ2) is 13.2. The summed E-state index contributed by atoms with van der Waals surface area (Å²) in [6.45, 7) is -0.550. The van der Waals surface area contributed by atoms with Crippen LogP contribution in [0.25, 0.3) is 0 Å². The Morgan fingerprint density at radius 1 is 1.10 bits per heavy atom. The summed E-state index contributed by atoms with van der Waals surface area (Å²) in [5, 5.41) is 45.1. The largest absolute Gasteiger partial charge is 0.493 e. The first-order valence-corrected chi connectivity index (χ1v) is 12.6. The van der Waals surface area contributed by atoms with E-state index in [0.717, 1.165) is 37.2 Å². The lowest BCUT2D eigenvalue weighted by Gasteiger charge is -2.29. The fourth-order valence-electron chi connectivity index (χ4n) is 5.43. The number of aromatic nitrogens is 1. The third kappa shape index (κ3) is 7.86. The van der Waals surface area contributed by atoms with E-state index >= 15 is 0 Å². The Bertz CT molecular complexity index is 1220. The second-order valence-electron chi connectivity index (χ2n) is 10.1. The first-order valence-electron chi connectivity index (χ1n) is 12.6. The SMILES string of the molecule is COc1cc(CN2C[C@@H]3CC[C@@](O)(c4ccccn4)[C@@H]3C2)ccc1OC(F)F.O=C(O)CC(O)(CC(=O)O)C(=O)O. The molecule has 2 aromatic rings. The maximum atomic E-state index is 12.5. The van der Waals surface area contributed by atoms with E-state index in [1.54, 1.807) is 18.3 Å². The molecular weight excluding hydrogens is 550 g/mol. The van der Waals surface area contributed by atoms with Crippen molar-refractivity contribution in [2.24, 2.45) is 11.8 Å². The van der Waals surface area contributed by atoms with Crippen molar-refractivity contribution >= 4 is 17.9 Å². The summed E-state index contributed by atoms with van der Waals surface area (Å²) in [5.41, 5.74) is -1.91. The number of rotatable bonds is 11. The van der Waals surface area contributed by atoms with Crippen LogP contribution in [0.2, 0.25) is 0 Å². The summed E-state index contributed by atoms with van der Waals surface area (Å²) >= 11 is 0. The van der Waals surface area contributed by atoms with Crippen LogP contribution in [0, 0.1) is 11.8 Å². The van der Waals surface area contributed by atoms with E-state index in [4.69, 9.17) is 25.2 Å². The molecule has 1 aliphatic heterocycles. The number of methoxy groups -OCH3 is 1. The van der Waals surface area contributed by atoms with Crippen molar-refractivity contribution in [1.29, 1.82) is 0 Å². The van der Waals surface area contributed by atoms with E-state index in [2.05, 4.69) is 14.6 Å². The van der Waals surface area contributed by atoms with Gasteiger partial charge in [0.2, 0.25) is 0 Å². The van der Waals surface area contributed by atoms with Gasteiger partial charge in [0, 0.05) is 31.7 Å². The van der Waals surface area contributed by atoms with Crippen molar-refractivity contribution in [3.05, 3.63) is 53.9 Å². The van der Waals surface area contributed by atoms with Crippen LogP contribution in [0.1, 0.15) is 36.9 Å². The van der Waals surface area contributed by atoms with Gasteiger partial charge in [-0.15, -0.1) is 0 Å². The van der Waals surface area contributed by atoms with E-state index in [-0.39, 0.29) is 11.7 Å². The number of aliphatic carboxylic acids is 3. The summed E-state index contributed by atoms with van der Waals surface area (Å²) in [6, 6.07) is 10.7. The quantitative estimate of drug-likeness (QED) is 0.260. The van der Waals surface area contributed by atoms with Gasteiger partial charge in [0.15, 0.2) is 17.1 Å². The van der Waals surface area contributed by atoms with Crippen LogP contribution in [0.4, 0.5) is 8.78 Å². The zero-order chi connectivity index (χ0) is 30.4. The number of benzene rings is 1. The topological polar surface area (TPSA) is 187 Å². The van der Waals surface area contributed by atoms with Gasteiger partial charge >= 0.3 is 24.5 Å². The summed E-state index contributed by atoms with van der Waals surface area (Å²) in [6.07, 6.45) is 1.14. The molecule has 4 rings (SSSR count). The van der Waals surface area contributed by atoms with Crippen LogP contribution in [-0.2, 0) is 26.5 Å². The summed E-state index contributed by atoms with van der Waals surface area (Å²) in [5.74, 6) is -4.12. The van der Waals surface area contributed by atoms with E-state index in [1.165, 1.54) is 13.2 Å². The van der Waals surface area contributed by atoms with Crippen LogP contribution in [0.3, 0.4) is 0 Å². The highest BCUT2D eigenvalue weighted by Crippen LogP contribution is 2.50. The molecule has 3 atom stereocenters.